The Bertz CT molecular complexity index is 554. The highest BCUT2D eigenvalue weighted by Gasteiger charge is 2.78. The summed E-state index contributed by atoms with van der Waals surface area (Å²) in [6, 6.07) is 1.83. The van der Waals surface area contributed by atoms with Crippen LogP contribution in [0.25, 0.3) is 0 Å². The van der Waals surface area contributed by atoms with Gasteiger partial charge in [0.05, 0.1) is 5.92 Å². The van der Waals surface area contributed by atoms with Crippen LogP contribution in [0.4, 0.5) is 8.78 Å². The monoisotopic (exact) mass is 283 g/mol. The molecule has 1 aromatic heterocycles. The Hall–Kier alpha value is -1.46. The van der Waals surface area contributed by atoms with Crippen LogP contribution in [-0.2, 0) is 0 Å². The number of hydrogen-bond acceptors (Lipinski definition) is 2. The molecule has 0 radical (unpaired) electrons. The third kappa shape index (κ3) is 1.70. The molecule has 1 saturated carbocycles. The van der Waals surface area contributed by atoms with E-state index in [1.54, 1.807) is 23.9 Å². The number of rotatable bonds is 2. The summed E-state index contributed by atoms with van der Waals surface area (Å²) >= 11 is 0. The van der Waals surface area contributed by atoms with Gasteiger partial charge in [0.15, 0.2) is 0 Å². The number of piperidine rings is 1. The van der Waals surface area contributed by atoms with E-state index in [-0.39, 0.29) is 18.5 Å². The quantitative estimate of drug-likeness (QED) is 0.836. The lowest BCUT2D eigenvalue weighted by Crippen LogP contribution is -2.39. The van der Waals surface area contributed by atoms with Crippen LogP contribution in [0.15, 0.2) is 12.3 Å². The fraction of sp³-hybridized carbons (Fsp3) is 0.714. The largest absolute Gasteiger partial charge is 0.337 e. The number of carbonyl (C=O) groups is 1. The predicted molar refractivity (Wildman–Crippen MR) is 69.7 cm³/mol. The Morgan fingerprint density at radius 2 is 2.20 bits per heavy atom. The van der Waals surface area contributed by atoms with Crippen molar-refractivity contribution in [3.05, 3.63) is 18.0 Å². The zero-order valence-corrected chi connectivity index (χ0v) is 11.9. The second-order valence-electron chi connectivity index (χ2n) is 6.37. The molecular weight excluding hydrogens is 264 g/mol. The number of carbonyl (C=O) groups excluding carboxylic acids is 1. The molecule has 2 fully saturated rings. The Morgan fingerprint density at radius 1 is 1.50 bits per heavy atom. The van der Waals surface area contributed by atoms with Crippen molar-refractivity contribution in [3.8, 4) is 0 Å². The van der Waals surface area contributed by atoms with Gasteiger partial charge in [-0.15, -0.1) is 0 Å². The molecule has 1 aliphatic carbocycles. The van der Waals surface area contributed by atoms with Crippen molar-refractivity contribution in [3.63, 3.8) is 0 Å². The van der Waals surface area contributed by atoms with Crippen molar-refractivity contribution < 1.29 is 13.6 Å². The molecule has 1 amide bonds. The maximum atomic E-state index is 13.7. The average molecular weight is 283 g/mol. The number of amides is 1. The molecule has 4 nitrogen and oxygen atoms in total. The van der Waals surface area contributed by atoms with Gasteiger partial charge in [-0.1, -0.05) is 6.92 Å². The first-order chi connectivity index (χ1) is 9.27. The normalized spacial score (nSPS) is 31.3. The zero-order chi connectivity index (χ0) is 14.7. The summed E-state index contributed by atoms with van der Waals surface area (Å²) in [6.07, 6.45) is 2.11. The highest BCUT2D eigenvalue weighted by Crippen LogP contribution is 2.69. The summed E-state index contributed by atoms with van der Waals surface area (Å²) in [7, 11) is 0. The molecule has 0 aromatic carbocycles. The number of fused-ring (bicyclic) bond motifs is 1. The molecule has 2 atom stereocenters. The second kappa shape index (κ2) is 4.02. The minimum atomic E-state index is -2.63. The van der Waals surface area contributed by atoms with Gasteiger partial charge in [0.2, 0.25) is 0 Å². The van der Waals surface area contributed by atoms with E-state index in [4.69, 9.17) is 0 Å². The molecule has 1 saturated heterocycles. The molecule has 6 heteroatoms. The van der Waals surface area contributed by atoms with Crippen LogP contribution in [0.1, 0.15) is 43.7 Å². The third-order valence-corrected chi connectivity index (χ3v) is 4.83. The van der Waals surface area contributed by atoms with Gasteiger partial charge in [0.1, 0.15) is 5.69 Å². The van der Waals surface area contributed by atoms with Crippen molar-refractivity contribution >= 4 is 5.91 Å². The minimum absolute atomic E-state index is 0.136. The lowest BCUT2D eigenvalue weighted by molar-refractivity contribution is 0.0635. The maximum Gasteiger partial charge on any atom is 0.274 e. The smallest absolute Gasteiger partial charge is 0.274 e. The predicted octanol–water partition coefficient (Wildman–Crippen LogP) is 2.58. The second-order valence-corrected chi connectivity index (χ2v) is 6.37. The van der Waals surface area contributed by atoms with E-state index in [1.807, 2.05) is 13.8 Å². The van der Waals surface area contributed by atoms with Gasteiger partial charge in [-0.25, -0.2) is 8.78 Å². The molecule has 2 aliphatic rings. The average Bonchev–Trinajstić information content (AvgIpc) is 2.76. The molecule has 20 heavy (non-hydrogen) atoms. The molecule has 0 N–H and O–H groups in total. The Morgan fingerprint density at radius 3 is 2.75 bits per heavy atom. The van der Waals surface area contributed by atoms with Crippen LogP contribution in [0.2, 0.25) is 0 Å². The number of aromatic nitrogens is 2. The molecular formula is C14H19F2N3O. The van der Waals surface area contributed by atoms with E-state index in [1.165, 1.54) is 4.90 Å². The van der Waals surface area contributed by atoms with Crippen LogP contribution in [-0.4, -0.2) is 39.6 Å². The minimum Gasteiger partial charge on any atom is -0.337 e. The van der Waals surface area contributed by atoms with Crippen molar-refractivity contribution in [2.24, 2.45) is 11.3 Å². The molecule has 2 heterocycles. The van der Waals surface area contributed by atoms with Gasteiger partial charge in [0, 0.05) is 30.7 Å². The van der Waals surface area contributed by atoms with Gasteiger partial charge >= 0.3 is 0 Å². The SMILES string of the molecule is CC(C)n1ccc(C(=O)N2CC[C@]3(C)[C@@H](C2)C3(F)F)n1. The van der Waals surface area contributed by atoms with E-state index in [2.05, 4.69) is 5.10 Å². The fourth-order valence-electron chi connectivity index (χ4n) is 3.10. The molecule has 0 bridgehead atoms. The van der Waals surface area contributed by atoms with Crippen molar-refractivity contribution in [1.82, 2.24) is 14.7 Å². The molecule has 3 rings (SSSR count). The Kier molecular flexibility index (Phi) is 2.72. The highest BCUT2D eigenvalue weighted by molar-refractivity contribution is 5.92. The van der Waals surface area contributed by atoms with Crippen molar-refractivity contribution in [1.29, 1.82) is 0 Å². The van der Waals surface area contributed by atoms with Crippen LogP contribution in [0, 0.1) is 11.3 Å². The molecule has 1 aromatic rings. The Balaban J connectivity index is 1.73. The van der Waals surface area contributed by atoms with E-state index < -0.39 is 17.3 Å². The number of alkyl halides is 2. The fourth-order valence-corrected chi connectivity index (χ4v) is 3.10. The summed E-state index contributed by atoms with van der Waals surface area (Å²) < 4.78 is 29.1. The lowest BCUT2D eigenvalue weighted by Gasteiger charge is -2.27. The summed E-state index contributed by atoms with van der Waals surface area (Å²) in [6.45, 7) is 6.08. The summed E-state index contributed by atoms with van der Waals surface area (Å²) in [5.74, 6) is -3.56. The molecule has 0 spiro atoms. The van der Waals surface area contributed by atoms with Crippen LogP contribution in [0.5, 0.6) is 0 Å². The molecule has 0 unspecified atom stereocenters. The number of nitrogens with zero attached hydrogens (tertiary/aromatic N) is 3. The molecule has 1 aliphatic heterocycles. The topological polar surface area (TPSA) is 38.1 Å². The van der Waals surface area contributed by atoms with Crippen LogP contribution in [0.3, 0.4) is 0 Å². The summed E-state index contributed by atoms with van der Waals surface area (Å²) in [4.78, 5) is 13.8. The van der Waals surface area contributed by atoms with Crippen molar-refractivity contribution in [2.75, 3.05) is 13.1 Å². The van der Waals surface area contributed by atoms with Gasteiger partial charge in [-0.2, -0.15) is 5.10 Å². The maximum absolute atomic E-state index is 13.7. The van der Waals surface area contributed by atoms with Gasteiger partial charge in [-0.05, 0) is 26.3 Å². The van der Waals surface area contributed by atoms with Gasteiger partial charge < -0.3 is 4.90 Å². The summed E-state index contributed by atoms with van der Waals surface area (Å²) in [5, 5.41) is 4.22. The van der Waals surface area contributed by atoms with E-state index >= 15 is 0 Å². The third-order valence-electron chi connectivity index (χ3n) is 4.83. The van der Waals surface area contributed by atoms with E-state index in [0.717, 1.165) is 0 Å². The molecule has 110 valence electrons. The van der Waals surface area contributed by atoms with Crippen LogP contribution >= 0.6 is 0 Å². The van der Waals surface area contributed by atoms with E-state index in [0.29, 0.717) is 18.7 Å². The lowest BCUT2D eigenvalue weighted by atomic mass is 9.97. The zero-order valence-electron chi connectivity index (χ0n) is 11.9. The van der Waals surface area contributed by atoms with E-state index in [9.17, 15) is 13.6 Å². The first kappa shape index (κ1) is 13.5. The Labute approximate surface area is 116 Å². The van der Waals surface area contributed by atoms with Crippen molar-refractivity contribution in [2.45, 2.75) is 39.2 Å². The highest BCUT2D eigenvalue weighted by atomic mass is 19.3. The van der Waals surface area contributed by atoms with Crippen LogP contribution < -0.4 is 0 Å². The summed E-state index contributed by atoms with van der Waals surface area (Å²) in [5.41, 5.74) is -0.563. The number of hydrogen-bond donors (Lipinski definition) is 0. The standard InChI is InChI=1S/C14H19F2N3O/c1-9(2)19-6-4-10(17-19)12(20)18-7-5-13(3)11(8-18)14(13,15)16/h4,6,9,11H,5,7-8H2,1-3H3/t11-,13-/m1/s1. The van der Waals surface area contributed by atoms with Gasteiger partial charge in [0.25, 0.3) is 11.8 Å². The van der Waals surface area contributed by atoms with Gasteiger partial charge in [-0.3, -0.25) is 9.48 Å². The number of halogens is 2. The first-order valence-corrected chi connectivity index (χ1v) is 6.99. The number of likely N-dealkylation sites (tertiary alicyclic amines) is 1. The first-order valence-electron chi connectivity index (χ1n) is 6.99.